The summed E-state index contributed by atoms with van der Waals surface area (Å²) in [7, 11) is 0. The standard InChI is InChI=1S/C18H18N2O3/c1-2-9-23-15-6-4-14(5-7-15)19-18(22)12-3-8-16-13(10-12)11-17(21)20-16/h3-8,10H,2,9,11H2,1H3,(H,19,22)(H,20,21). The highest BCUT2D eigenvalue weighted by Crippen LogP contribution is 2.24. The van der Waals surface area contributed by atoms with E-state index < -0.39 is 0 Å². The Hall–Kier alpha value is -2.82. The van der Waals surface area contributed by atoms with Crippen molar-refractivity contribution < 1.29 is 14.3 Å². The molecule has 118 valence electrons. The van der Waals surface area contributed by atoms with E-state index in [4.69, 9.17) is 4.74 Å². The summed E-state index contributed by atoms with van der Waals surface area (Å²) in [6.07, 6.45) is 1.27. The lowest BCUT2D eigenvalue weighted by Crippen LogP contribution is -2.12. The van der Waals surface area contributed by atoms with Gasteiger partial charge in [-0.25, -0.2) is 0 Å². The van der Waals surface area contributed by atoms with E-state index in [-0.39, 0.29) is 11.8 Å². The first-order valence-corrected chi connectivity index (χ1v) is 7.62. The molecular weight excluding hydrogens is 292 g/mol. The Morgan fingerprint density at radius 3 is 2.74 bits per heavy atom. The second-order valence-corrected chi connectivity index (χ2v) is 5.42. The largest absolute Gasteiger partial charge is 0.494 e. The van der Waals surface area contributed by atoms with Gasteiger partial charge in [-0.2, -0.15) is 0 Å². The van der Waals surface area contributed by atoms with Gasteiger partial charge in [0.2, 0.25) is 5.91 Å². The quantitative estimate of drug-likeness (QED) is 0.891. The number of anilines is 2. The SMILES string of the molecule is CCCOc1ccc(NC(=O)c2ccc3c(c2)CC(=O)N3)cc1. The van der Waals surface area contributed by atoms with Crippen molar-refractivity contribution in [2.75, 3.05) is 17.2 Å². The molecule has 2 amide bonds. The zero-order valence-electron chi connectivity index (χ0n) is 12.9. The van der Waals surface area contributed by atoms with Crippen LogP contribution in [0.1, 0.15) is 29.3 Å². The predicted octanol–water partition coefficient (Wildman–Crippen LogP) is 3.22. The molecule has 2 N–H and O–H groups in total. The van der Waals surface area contributed by atoms with Gasteiger partial charge >= 0.3 is 0 Å². The zero-order chi connectivity index (χ0) is 16.2. The van der Waals surface area contributed by atoms with Crippen LogP contribution >= 0.6 is 0 Å². The van der Waals surface area contributed by atoms with Crippen LogP contribution in [0.15, 0.2) is 42.5 Å². The van der Waals surface area contributed by atoms with Crippen molar-refractivity contribution in [2.24, 2.45) is 0 Å². The molecule has 0 radical (unpaired) electrons. The first kappa shape index (κ1) is 15.1. The average molecular weight is 310 g/mol. The molecule has 0 saturated heterocycles. The van der Waals surface area contributed by atoms with E-state index in [0.29, 0.717) is 24.3 Å². The maximum Gasteiger partial charge on any atom is 0.255 e. The fraction of sp³-hybridized carbons (Fsp3) is 0.222. The molecule has 1 aliphatic heterocycles. The number of amides is 2. The second-order valence-electron chi connectivity index (χ2n) is 5.42. The fourth-order valence-electron chi connectivity index (χ4n) is 2.43. The molecule has 2 aromatic carbocycles. The van der Waals surface area contributed by atoms with Crippen LogP contribution in [0, 0.1) is 0 Å². The third kappa shape index (κ3) is 3.51. The second kappa shape index (κ2) is 6.52. The van der Waals surface area contributed by atoms with Crippen molar-refractivity contribution in [1.82, 2.24) is 0 Å². The van der Waals surface area contributed by atoms with E-state index in [9.17, 15) is 9.59 Å². The van der Waals surface area contributed by atoms with E-state index >= 15 is 0 Å². The maximum absolute atomic E-state index is 12.3. The monoisotopic (exact) mass is 310 g/mol. The Labute approximate surface area is 134 Å². The van der Waals surface area contributed by atoms with Gasteiger partial charge in [-0.3, -0.25) is 9.59 Å². The van der Waals surface area contributed by atoms with Crippen LogP contribution in [0.4, 0.5) is 11.4 Å². The highest BCUT2D eigenvalue weighted by atomic mass is 16.5. The maximum atomic E-state index is 12.3. The number of hydrogen-bond donors (Lipinski definition) is 2. The van der Waals surface area contributed by atoms with Crippen LogP contribution in [-0.2, 0) is 11.2 Å². The van der Waals surface area contributed by atoms with Gasteiger partial charge in [0, 0.05) is 16.9 Å². The van der Waals surface area contributed by atoms with Gasteiger partial charge in [0.25, 0.3) is 5.91 Å². The van der Waals surface area contributed by atoms with Crippen molar-refractivity contribution in [2.45, 2.75) is 19.8 Å². The third-order valence-corrected chi connectivity index (χ3v) is 3.58. The van der Waals surface area contributed by atoms with E-state index in [1.165, 1.54) is 0 Å². The minimum absolute atomic E-state index is 0.0415. The molecule has 0 fully saturated rings. The van der Waals surface area contributed by atoms with Crippen LogP contribution in [0.25, 0.3) is 0 Å². The van der Waals surface area contributed by atoms with Gasteiger partial charge in [0.15, 0.2) is 0 Å². The zero-order valence-corrected chi connectivity index (χ0v) is 12.9. The highest BCUT2D eigenvalue weighted by Gasteiger charge is 2.19. The first-order chi connectivity index (χ1) is 11.2. The summed E-state index contributed by atoms with van der Waals surface area (Å²) in [4.78, 5) is 23.7. The Morgan fingerprint density at radius 2 is 2.00 bits per heavy atom. The average Bonchev–Trinajstić information content (AvgIpc) is 2.93. The summed E-state index contributed by atoms with van der Waals surface area (Å²) in [6, 6.07) is 12.5. The summed E-state index contributed by atoms with van der Waals surface area (Å²) in [5.74, 6) is 0.543. The normalized spacial score (nSPS) is 12.5. The molecule has 0 aliphatic carbocycles. The summed E-state index contributed by atoms with van der Waals surface area (Å²) in [5, 5.41) is 5.60. The van der Waals surface area contributed by atoms with Crippen molar-refractivity contribution in [3.8, 4) is 5.75 Å². The molecular formula is C18H18N2O3. The number of ether oxygens (including phenoxy) is 1. The van der Waals surface area contributed by atoms with Crippen LogP contribution in [0.5, 0.6) is 5.75 Å². The van der Waals surface area contributed by atoms with Crippen molar-refractivity contribution >= 4 is 23.2 Å². The molecule has 2 aromatic rings. The minimum atomic E-state index is -0.200. The van der Waals surface area contributed by atoms with Crippen LogP contribution in [0.2, 0.25) is 0 Å². The molecule has 0 saturated carbocycles. The molecule has 5 heteroatoms. The number of carbonyl (C=O) groups is 2. The number of nitrogens with one attached hydrogen (secondary N) is 2. The van der Waals surface area contributed by atoms with E-state index in [0.717, 1.165) is 23.4 Å². The molecule has 0 aromatic heterocycles. The van der Waals surface area contributed by atoms with Crippen molar-refractivity contribution in [3.63, 3.8) is 0 Å². The molecule has 23 heavy (non-hydrogen) atoms. The summed E-state index contributed by atoms with van der Waals surface area (Å²) in [6.45, 7) is 2.72. The van der Waals surface area contributed by atoms with Crippen LogP contribution in [0.3, 0.4) is 0 Å². The smallest absolute Gasteiger partial charge is 0.255 e. The third-order valence-electron chi connectivity index (χ3n) is 3.58. The Kier molecular flexibility index (Phi) is 4.28. The fourth-order valence-corrected chi connectivity index (χ4v) is 2.43. The number of fused-ring (bicyclic) bond motifs is 1. The Morgan fingerprint density at radius 1 is 1.22 bits per heavy atom. The molecule has 0 atom stereocenters. The lowest BCUT2D eigenvalue weighted by molar-refractivity contribution is -0.115. The predicted molar refractivity (Wildman–Crippen MR) is 89.0 cm³/mol. The Bertz CT molecular complexity index is 738. The topological polar surface area (TPSA) is 67.4 Å². The van der Waals surface area contributed by atoms with Gasteiger partial charge in [-0.05, 0) is 54.4 Å². The molecule has 1 heterocycles. The highest BCUT2D eigenvalue weighted by molar-refractivity contribution is 6.06. The number of hydrogen-bond acceptors (Lipinski definition) is 3. The minimum Gasteiger partial charge on any atom is -0.494 e. The molecule has 0 bridgehead atoms. The summed E-state index contributed by atoms with van der Waals surface area (Å²) >= 11 is 0. The number of benzene rings is 2. The Balaban J connectivity index is 1.67. The van der Waals surface area contributed by atoms with Crippen LogP contribution in [-0.4, -0.2) is 18.4 Å². The lowest BCUT2D eigenvalue weighted by atomic mass is 10.1. The summed E-state index contributed by atoms with van der Waals surface area (Å²) in [5.41, 5.74) is 2.87. The molecule has 5 nitrogen and oxygen atoms in total. The molecule has 3 rings (SSSR count). The van der Waals surface area contributed by atoms with E-state index in [1.54, 1.807) is 30.3 Å². The number of carbonyl (C=O) groups excluding carboxylic acids is 2. The van der Waals surface area contributed by atoms with Crippen molar-refractivity contribution in [3.05, 3.63) is 53.6 Å². The lowest BCUT2D eigenvalue weighted by Gasteiger charge is -2.08. The number of rotatable bonds is 5. The van der Waals surface area contributed by atoms with Gasteiger partial charge in [0.05, 0.1) is 13.0 Å². The van der Waals surface area contributed by atoms with E-state index in [2.05, 4.69) is 10.6 Å². The van der Waals surface area contributed by atoms with Gasteiger partial charge in [-0.15, -0.1) is 0 Å². The molecule has 1 aliphatic rings. The first-order valence-electron chi connectivity index (χ1n) is 7.62. The summed E-state index contributed by atoms with van der Waals surface area (Å²) < 4.78 is 5.51. The molecule has 0 unspecified atom stereocenters. The van der Waals surface area contributed by atoms with Gasteiger partial charge in [-0.1, -0.05) is 6.92 Å². The molecule has 0 spiro atoms. The van der Waals surface area contributed by atoms with Gasteiger partial charge in [0.1, 0.15) is 5.75 Å². The van der Waals surface area contributed by atoms with Crippen molar-refractivity contribution in [1.29, 1.82) is 0 Å². The van der Waals surface area contributed by atoms with E-state index in [1.807, 2.05) is 19.1 Å². The van der Waals surface area contributed by atoms with Crippen LogP contribution < -0.4 is 15.4 Å². The van der Waals surface area contributed by atoms with Gasteiger partial charge < -0.3 is 15.4 Å².